The van der Waals surface area contributed by atoms with E-state index in [9.17, 15) is 19.5 Å². The highest BCUT2D eigenvalue weighted by Gasteiger charge is 2.24. The number of aromatic amines is 1. The maximum Gasteiger partial charge on any atom is 0.273 e. The first-order chi connectivity index (χ1) is 13.5. The molecule has 2 aromatic carbocycles. The lowest BCUT2D eigenvalue weighted by molar-refractivity contribution is -0.133. The van der Waals surface area contributed by atoms with Crippen LogP contribution in [0.25, 0.3) is 10.8 Å². The molecule has 28 heavy (non-hydrogen) atoms. The van der Waals surface area contributed by atoms with Gasteiger partial charge in [0.1, 0.15) is 12.3 Å². The molecule has 0 unspecified atom stereocenters. The van der Waals surface area contributed by atoms with Crippen molar-refractivity contribution in [2.24, 2.45) is 0 Å². The molecule has 7 heteroatoms. The summed E-state index contributed by atoms with van der Waals surface area (Å²) in [7, 11) is 0. The van der Waals surface area contributed by atoms with Crippen molar-refractivity contribution in [1.29, 1.82) is 0 Å². The number of nitrogens with one attached hydrogen (secondary N) is 1. The number of carbonyl (C=O) groups is 1. The normalized spacial score (nSPS) is 15.1. The Labute approximate surface area is 160 Å². The molecule has 0 saturated carbocycles. The summed E-state index contributed by atoms with van der Waals surface area (Å²) in [5, 5.41) is 12.6. The van der Waals surface area contributed by atoms with E-state index in [1.165, 1.54) is 0 Å². The van der Waals surface area contributed by atoms with Gasteiger partial charge in [0.05, 0.1) is 10.8 Å². The first-order valence-electron chi connectivity index (χ1n) is 9.31. The summed E-state index contributed by atoms with van der Waals surface area (Å²) >= 11 is 0. The predicted molar refractivity (Wildman–Crippen MR) is 105 cm³/mol. The first-order valence-corrected chi connectivity index (χ1v) is 9.31. The fourth-order valence-electron chi connectivity index (χ4n) is 3.80. The monoisotopic (exact) mass is 379 g/mol. The van der Waals surface area contributed by atoms with E-state index in [4.69, 9.17) is 0 Å². The van der Waals surface area contributed by atoms with E-state index >= 15 is 0 Å². The number of rotatable bonds is 3. The standard InChI is InChI=1S/C21H21N3O4/c25-16-7-5-14(6-8-16)15-9-11-23(12-10-15)19(26)13-24-21(28)18-4-2-1-3-17(18)20(27)22-24/h1-8,15,25H,9-13H2,(H,22,27). The van der Waals surface area contributed by atoms with Crippen LogP contribution in [0.1, 0.15) is 24.3 Å². The Morgan fingerprint density at radius 3 is 2.32 bits per heavy atom. The van der Waals surface area contributed by atoms with E-state index < -0.39 is 0 Å². The van der Waals surface area contributed by atoms with Gasteiger partial charge in [-0.15, -0.1) is 0 Å². The average molecular weight is 379 g/mol. The number of likely N-dealkylation sites (tertiary alicyclic amines) is 1. The summed E-state index contributed by atoms with van der Waals surface area (Å²) in [6.45, 7) is 1.01. The van der Waals surface area contributed by atoms with Crippen LogP contribution in [-0.2, 0) is 11.3 Å². The highest BCUT2D eigenvalue weighted by Crippen LogP contribution is 2.29. The Hall–Kier alpha value is -3.35. The van der Waals surface area contributed by atoms with Crippen LogP contribution in [0, 0.1) is 0 Å². The molecule has 1 aliphatic heterocycles. The summed E-state index contributed by atoms with van der Waals surface area (Å²) in [5.74, 6) is 0.399. The second-order valence-corrected chi connectivity index (χ2v) is 7.12. The van der Waals surface area contributed by atoms with Gasteiger partial charge in [0, 0.05) is 13.1 Å². The number of hydrogen-bond donors (Lipinski definition) is 2. The van der Waals surface area contributed by atoms with Gasteiger partial charge in [0.2, 0.25) is 5.91 Å². The number of piperidine rings is 1. The van der Waals surface area contributed by atoms with Gasteiger partial charge in [-0.3, -0.25) is 19.5 Å². The lowest BCUT2D eigenvalue weighted by Gasteiger charge is -2.32. The van der Waals surface area contributed by atoms with E-state index in [0.29, 0.717) is 29.8 Å². The predicted octanol–water partition coefficient (Wildman–Crippen LogP) is 1.80. The molecule has 3 aromatic rings. The third-order valence-electron chi connectivity index (χ3n) is 5.39. The van der Waals surface area contributed by atoms with Crippen molar-refractivity contribution in [2.45, 2.75) is 25.3 Å². The molecule has 0 spiro atoms. The molecule has 2 N–H and O–H groups in total. The lowest BCUT2D eigenvalue weighted by Crippen LogP contribution is -2.42. The minimum atomic E-state index is -0.381. The third kappa shape index (κ3) is 3.43. The largest absolute Gasteiger partial charge is 0.508 e. The van der Waals surface area contributed by atoms with Crippen molar-refractivity contribution in [1.82, 2.24) is 14.7 Å². The van der Waals surface area contributed by atoms with Gasteiger partial charge >= 0.3 is 0 Å². The van der Waals surface area contributed by atoms with Crippen molar-refractivity contribution < 1.29 is 9.90 Å². The molecule has 1 amide bonds. The zero-order valence-corrected chi connectivity index (χ0v) is 15.3. The maximum atomic E-state index is 12.7. The van der Waals surface area contributed by atoms with Gasteiger partial charge in [-0.05, 0) is 48.6 Å². The molecule has 1 aromatic heterocycles. The minimum absolute atomic E-state index is 0.178. The van der Waals surface area contributed by atoms with Crippen LogP contribution in [0.4, 0.5) is 0 Å². The molecular weight excluding hydrogens is 358 g/mol. The van der Waals surface area contributed by atoms with E-state index in [2.05, 4.69) is 5.10 Å². The molecule has 4 rings (SSSR count). The molecule has 0 bridgehead atoms. The molecule has 1 aliphatic rings. The summed E-state index contributed by atoms with van der Waals surface area (Å²) in [6.07, 6.45) is 1.64. The Balaban J connectivity index is 1.46. The van der Waals surface area contributed by atoms with Crippen molar-refractivity contribution in [3.05, 3.63) is 74.8 Å². The maximum absolute atomic E-state index is 12.7. The number of aromatic nitrogens is 2. The molecule has 7 nitrogen and oxygen atoms in total. The zero-order valence-electron chi connectivity index (χ0n) is 15.3. The fourth-order valence-corrected chi connectivity index (χ4v) is 3.80. The van der Waals surface area contributed by atoms with Gasteiger partial charge in [0.15, 0.2) is 0 Å². The van der Waals surface area contributed by atoms with Crippen LogP contribution >= 0.6 is 0 Å². The minimum Gasteiger partial charge on any atom is -0.508 e. The van der Waals surface area contributed by atoms with Gasteiger partial charge < -0.3 is 10.0 Å². The van der Waals surface area contributed by atoms with Crippen molar-refractivity contribution in [3.8, 4) is 5.75 Å². The molecule has 1 saturated heterocycles. The highest BCUT2D eigenvalue weighted by molar-refractivity contribution is 5.81. The molecule has 2 heterocycles. The number of fused-ring (bicyclic) bond motifs is 1. The lowest BCUT2D eigenvalue weighted by atomic mass is 9.89. The van der Waals surface area contributed by atoms with E-state index in [-0.39, 0.29) is 29.3 Å². The van der Waals surface area contributed by atoms with E-state index in [1.54, 1.807) is 41.3 Å². The summed E-state index contributed by atoms with van der Waals surface area (Å²) in [6, 6.07) is 13.8. The number of aromatic hydroxyl groups is 1. The number of phenolic OH excluding ortho intramolecular Hbond substituents is 1. The van der Waals surface area contributed by atoms with Crippen LogP contribution in [0.3, 0.4) is 0 Å². The number of benzene rings is 2. The number of carbonyl (C=O) groups excluding carboxylic acids is 1. The summed E-state index contributed by atoms with van der Waals surface area (Å²) < 4.78 is 1.10. The molecule has 0 aliphatic carbocycles. The molecule has 0 atom stereocenters. The second kappa shape index (κ2) is 7.34. The SMILES string of the molecule is O=C(Cn1[nH]c(=O)c2ccccc2c1=O)N1CCC(c2ccc(O)cc2)CC1. The topological polar surface area (TPSA) is 95.4 Å². The quantitative estimate of drug-likeness (QED) is 0.725. The average Bonchev–Trinajstić information content (AvgIpc) is 2.72. The van der Waals surface area contributed by atoms with Crippen LogP contribution in [-0.4, -0.2) is 38.8 Å². The van der Waals surface area contributed by atoms with Crippen molar-refractivity contribution in [3.63, 3.8) is 0 Å². The third-order valence-corrected chi connectivity index (χ3v) is 5.39. The highest BCUT2D eigenvalue weighted by atomic mass is 16.3. The number of H-pyrrole nitrogens is 1. The van der Waals surface area contributed by atoms with Crippen LogP contribution in [0.15, 0.2) is 58.1 Å². The summed E-state index contributed by atoms with van der Waals surface area (Å²) in [5.41, 5.74) is 0.400. The smallest absolute Gasteiger partial charge is 0.273 e. The Kier molecular flexibility index (Phi) is 4.73. The number of hydrogen-bond acceptors (Lipinski definition) is 4. The number of nitrogens with zero attached hydrogens (tertiary/aromatic N) is 2. The van der Waals surface area contributed by atoms with Crippen LogP contribution in [0.2, 0.25) is 0 Å². The van der Waals surface area contributed by atoms with Crippen LogP contribution in [0.5, 0.6) is 5.75 Å². The first kappa shape index (κ1) is 18.0. The number of amides is 1. The van der Waals surface area contributed by atoms with E-state index in [1.807, 2.05) is 12.1 Å². The van der Waals surface area contributed by atoms with Gasteiger partial charge in [-0.1, -0.05) is 24.3 Å². The van der Waals surface area contributed by atoms with Crippen molar-refractivity contribution >= 4 is 16.7 Å². The fraction of sp³-hybridized carbons (Fsp3) is 0.286. The van der Waals surface area contributed by atoms with Gasteiger partial charge in [0.25, 0.3) is 11.1 Å². The second-order valence-electron chi connectivity index (χ2n) is 7.12. The van der Waals surface area contributed by atoms with Gasteiger partial charge in [-0.25, -0.2) is 4.68 Å². The van der Waals surface area contributed by atoms with Crippen molar-refractivity contribution in [2.75, 3.05) is 13.1 Å². The molecular formula is C21H21N3O4. The van der Waals surface area contributed by atoms with Crippen LogP contribution < -0.4 is 11.1 Å². The zero-order chi connectivity index (χ0) is 19.7. The van der Waals surface area contributed by atoms with E-state index in [0.717, 1.165) is 23.1 Å². The number of phenols is 1. The molecule has 0 radical (unpaired) electrons. The Morgan fingerprint density at radius 1 is 1.00 bits per heavy atom. The molecule has 1 fully saturated rings. The van der Waals surface area contributed by atoms with Gasteiger partial charge in [-0.2, -0.15) is 0 Å². The summed E-state index contributed by atoms with van der Waals surface area (Å²) in [4.78, 5) is 39.1. The Morgan fingerprint density at radius 2 is 1.64 bits per heavy atom. The Bertz CT molecular complexity index is 1120. The molecule has 144 valence electrons.